The second-order valence-corrected chi connectivity index (χ2v) is 4.01. The minimum absolute atomic E-state index is 0.152. The molecular weight excluding hydrogens is 168 g/mol. The van der Waals surface area contributed by atoms with Crippen molar-refractivity contribution in [3.8, 4) is 0 Å². The zero-order valence-electron chi connectivity index (χ0n) is 7.62. The zero-order valence-corrected chi connectivity index (χ0v) is 7.62. The summed E-state index contributed by atoms with van der Waals surface area (Å²) < 4.78 is 0. The molecule has 0 saturated carbocycles. The van der Waals surface area contributed by atoms with Crippen molar-refractivity contribution in [1.82, 2.24) is 10.6 Å². The first-order valence-electron chi connectivity index (χ1n) is 4.94. The number of aliphatic hydroxyl groups excluding tert-OH is 1. The summed E-state index contributed by atoms with van der Waals surface area (Å²) in [4.78, 5) is 11.1. The fraction of sp³-hybridized carbons (Fsp3) is 0.889. The van der Waals surface area contributed by atoms with Gasteiger partial charge in [-0.2, -0.15) is 0 Å². The normalized spacial score (nSPS) is 40.4. The summed E-state index contributed by atoms with van der Waals surface area (Å²) in [6.45, 7) is 1.47. The lowest BCUT2D eigenvalue weighted by Gasteiger charge is -2.27. The van der Waals surface area contributed by atoms with Gasteiger partial charge >= 0.3 is 0 Å². The number of β-amino-alcohol motifs (C(OH)–C–C–N with tert-alkyl or cyclic N) is 1. The maximum atomic E-state index is 11.1. The molecule has 3 N–H and O–H groups in total. The monoisotopic (exact) mass is 184 g/mol. The SMILES string of the molecule is O=C1C[C@@H]([C@@H]2C[C@@H](O)CN2)CCN1. The van der Waals surface area contributed by atoms with Crippen molar-refractivity contribution >= 4 is 5.91 Å². The Morgan fingerprint density at radius 2 is 2.31 bits per heavy atom. The number of nitrogens with one attached hydrogen (secondary N) is 2. The predicted molar refractivity (Wildman–Crippen MR) is 48.1 cm³/mol. The first kappa shape index (κ1) is 8.97. The highest BCUT2D eigenvalue weighted by atomic mass is 16.3. The van der Waals surface area contributed by atoms with Gasteiger partial charge < -0.3 is 15.7 Å². The molecule has 0 aromatic heterocycles. The van der Waals surface area contributed by atoms with Gasteiger partial charge in [0.15, 0.2) is 0 Å². The third-order valence-electron chi connectivity index (χ3n) is 3.00. The average Bonchev–Trinajstić information content (AvgIpc) is 2.52. The molecule has 0 radical (unpaired) electrons. The minimum Gasteiger partial charge on any atom is -0.392 e. The Bertz CT molecular complexity index is 208. The van der Waals surface area contributed by atoms with Crippen LogP contribution in [0, 0.1) is 5.92 Å². The number of amides is 1. The second-order valence-electron chi connectivity index (χ2n) is 4.01. The molecule has 4 nitrogen and oxygen atoms in total. The molecule has 0 spiro atoms. The Kier molecular flexibility index (Phi) is 2.51. The van der Waals surface area contributed by atoms with Crippen LogP contribution in [-0.2, 0) is 4.79 Å². The average molecular weight is 184 g/mol. The number of rotatable bonds is 1. The molecule has 13 heavy (non-hydrogen) atoms. The van der Waals surface area contributed by atoms with Crippen molar-refractivity contribution < 1.29 is 9.90 Å². The van der Waals surface area contributed by atoms with Gasteiger partial charge in [0.05, 0.1) is 6.10 Å². The zero-order chi connectivity index (χ0) is 9.26. The molecule has 2 aliphatic heterocycles. The van der Waals surface area contributed by atoms with Crippen LogP contribution in [0.5, 0.6) is 0 Å². The number of hydrogen-bond acceptors (Lipinski definition) is 3. The minimum atomic E-state index is -0.213. The Balaban J connectivity index is 1.89. The van der Waals surface area contributed by atoms with Crippen LogP contribution in [0.1, 0.15) is 19.3 Å². The Hall–Kier alpha value is -0.610. The molecule has 74 valence electrons. The van der Waals surface area contributed by atoms with Gasteiger partial charge in [-0.05, 0) is 18.8 Å². The lowest BCUT2D eigenvalue weighted by Crippen LogP contribution is -2.41. The van der Waals surface area contributed by atoms with Crippen LogP contribution < -0.4 is 10.6 Å². The van der Waals surface area contributed by atoms with E-state index < -0.39 is 0 Å². The van der Waals surface area contributed by atoms with E-state index in [1.807, 2.05) is 0 Å². The molecule has 2 aliphatic rings. The van der Waals surface area contributed by atoms with Crippen molar-refractivity contribution in [2.24, 2.45) is 5.92 Å². The van der Waals surface area contributed by atoms with Crippen LogP contribution >= 0.6 is 0 Å². The molecular formula is C9H16N2O2. The maximum absolute atomic E-state index is 11.1. The third-order valence-corrected chi connectivity index (χ3v) is 3.00. The van der Waals surface area contributed by atoms with Gasteiger partial charge in [-0.1, -0.05) is 0 Å². The van der Waals surface area contributed by atoms with Gasteiger partial charge in [0.2, 0.25) is 5.91 Å². The van der Waals surface area contributed by atoms with E-state index in [0.29, 0.717) is 24.9 Å². The van der Waals surface area contributed by atoms with E-state index in [-0.39, 0.29) is 12.0 Å². The molecule has 2 rings (SSSR count). The molecule has 3 atom stereocenters. The smallest absolute Gasteiger partial charge is 0.220 e. The van der Waals surface area contributed by atoms with Crippen LogP contribution in [0.15, 0.2) is 0 Å². The summed E-state index contributed by atoms with van der Waals surface area (Å²) in [7, 11) is 0. The Morgan fingerprint density at radius 1 is 1.46 bits per heavy atom. The van der Waals surface area contributed by atoms with Crippen LogP contribution in [-0.4, -0.2) is 36.2 Å². The fourth-order valence-electron chi connectivity index (χ4n) is 2.26. The van der Waals surface area contributed by atoms with Gasteiger partial charge in [-0.3, -0.25) is 4.79 Å². The van der Waals surface area contributed by atoms with E-state index >= 15 is 0 Å². The largest absolute Gasteiger partial charge is 0.392 e. The fourth-order valence-corrected chi connectivity index (χ4v) is 2.26. The Labute approximate surface area is 77.7 Å². The molecule has 0 unspecified atom stereocenters. The number of carbonyl (C=O) groups excluding carboxylic acids is 1. The summed E-state index contributed by atoms with van der Waals surface area (Å²) in [6, 6.07) is 0.348. The molecule has 1 amide bonds. The molecule has 4 heteroatoms. The van der Waals surface area contributed by atoms with E-state index in [0.717, 1.165) is 19.4 Å². The van der Waals surface area contributed by atoms with Crippen molar-refractivity contribution in [3.63, 3.8) is 0 Å². The number of piperidine rings is 1. The number of carbonyl (C=O) groups is 1. The van der Waals surface area contributed by atoms with E-state index in [1.165, 1.54) is 0 Å². The first-order chi connectivity index (χ1) is 6.25. The molecule has 0 bridgehead atoms. The van der Waals surface area contributed by atoms with E-state index in [2.05, 4.69) is 10.6 Å². The van der Waals surface area contributed by atoms with Gasteiger partial charge in [-0.25, -0.2) is 0 Å². The summed E-state index contributed by atoms with van der Waals surface area (Å²) >= 11 is 0. The molecule has 2 heterocycles. The molecule has 2 saturated heterocycles. The van der Waals surface area contributed by atoms with E-state index in [9.17, 15) is 9.90 Å². The summed E-state index contributed by atoms with van der Waals surface area (Å²) in [5.74, 6) is 0.574. The van der Waals surface area contributed by atoms with Gasteiger partial charge in [0, 0.05) is 25.6 Å². The Morgan fingerprint density at radius 3 is 2.92 bits per heavy atom. The van der Waals surface area contributed by atoms with Crippen molar-refractivity contribution in [1.29, 1.82) is 0 Å². The standard InChI is InChI=1S/C9H16N2O2/c12-7-4-8(11-5-7)6-1-2-10-9(13)3-6/h6-8,11-12H,1-5H2,(H,10,13)/t6-,7+,8-/m0/s1. The van der Waals surface area contributed by atoms with Crippen LogP contribution in [0.2, 0.25) is 0 Å². The third kappa shape index (κ3) is 2.00. The predicted octanol–water partition coefficient (Wildman–Crippen LogP) is -0.765. The number of aliphatic hydroxyl groups is 1. The highest BCUT2D eigenvalue weighted by Gasteiger charge is 2.32. The van der Waals surface area contributed by atoms with Crippen molar-refractivity contribution in [2.75, 3.05) is 13.1 Å². The van der Waals surface area contributed by atoms with Gasteiger partial charge in [0.1, 0.15) is 0 Å². The van der Waals surface area contributed by atoms with Crippen LogP contribution in [0.3, 0.4) is 0 Å². The molecule has 0 aliphatic carbocycles. The lowest BCUT2D eigenvalue weighted by molar-refractivity contribution is -0.123. The molecule has 0 aromatic rings. The molecule has 2 fully saturated rings. The van der Waals surface area contributed by atoms with Crippen molar-refractivity contribution in [2.45, 2.75) is 31.4 Å². The maximum Gasteiger partial charge on any atom is 0.220 e. The molecule has 0 aromatic carbocycles. The number of hydrogen-bond donors (Lipinski definition) is 3. The lowest BCUT2D eigenvalue weighted by atomic mass is 9.89. The highest BCUT2D eigenvalue weighted by Crippen LogP contribution is 2.23. The van der Waals surface area contributed by atoms with Crippen molar-refractivity contribution in [3.05, 3.63) is 0 Å². The summed E-state index contributed by atoms with van der Waals surface area (Å²) in [5, 5.41) is 15.4. The van der Waals surface area contributed by atoms with E-state index in [4.69, 9.17) is 0 Å². The van der Waals surface area contributed by atoms with E-state index in [1.54, 1.807) is 0 Å². The summed E-state index contributed by atoms with van der Waals surface area (Å²) in [6.07, 6.45) is 2.24. The van der Waals surface area contributed by atoms with Crippen LogP contribution in [0.4, 0.5) is 0 Å². The van der Waals surface area contributed by atoms with Crippen LogP contribution in [0.25, 0.3) is 0 Å². The van der Waals surface area contributed by atoms with Gasteiger partial charge in [0.25, 0.3) is 0 Å². The highest BCUT2D eigenvalue weighted by molar-refractivity contribution is 5.76. The quantitative estimate of drug-likeness (QED) is 0.502. The first-order valence-corrected chi connectivity index (χ1v) is 4.94. The van der Waals surface area contributed by atoms with Gasteiger partial charge in [-0.15, -0.1) is 0 Å². The second kappa shape index (κ2) is 3.64. The topological polar surface area (TPSA) is 61.4 Å². The summed E-state index contributed by atoms with van der Waals surface area (Å²) in [5.41, 5.74) is 0.